The Kier molecular flexibility index (Phi) is 3.38. The van der Waals surface area contributed by atoms with Crippen LogP contribution in [0.4, 0.5) is 18.9 Å². The van der Waals surface area contributed by atoms with Crippen molar-refractivity contribution in [3.8, 4) is 11.1 Å². The van der Waals surface area contributed by atoms with Gasteiger partial charge in [0.15, 0.2) is 0 Å². The first-order chi connectivity index (χ1) is 11.5. The molecule has 0 bridgehead atoms. The lowest BCUT2D eigenvalue weighted by Crippen LogP contribution is -2.08. The first-order valence-corrected chi connectivity index (χ1v) is 8.66. The van der Waals surface area contributed by atoms with Crippen molar-refractivity contribution in [1.82, 2.24) is 4.98 Å². The Balaban J connectivity index is 2.05. The Morgan fingerprint density at radius 2 is 1.92 bits per heavy atom. The van der Waals surface area contributed by atoms with Crippen LogP contribution >= 0.6 is 10.7 Å². The highest BCUT2D eigenvalue weighted by Gasteiger charge is 2.32. The van der Waals surface area contributed by atoms with E-state index >= 15 is 0 Å². The predicted octanol–water partition coefficient (Wildman–Crippen LogP) is 5.71. The number of halogens is 3. The van der Waals surface area contributed by atoms with Crippen molar-refractivity contribution in [3.05, 3.63) is 54.2 Å². The summed E-state index contributed by atoms with van der Waals surface area (Å²) in [4.78, 5) is 5.28. The summed E-state index contributed by atoms with van der Waals surface area (Å²) in [5.74, 6) is 0. The number of nitrogens with zero attached hydrogens (tertiary/aromatic N) is 1. The number of hydrogen-bond donors (Lipinski definition) is 1. The smallest absolute Gasteiger partial charge is 0.329 e. The molecule has 0 radical (unpaired) electrons. The van der Waals surface area contributed by atoms with E-state index in [4.69, 9.17) is 0 Å². The van der Waals surface area contributed by atoms with Crippen molar-refractivity contribution < 1.29 is 13.2 Å². The molecule has 0 spiro atoms. The maximum atomic E-state index is 13.1. The Morgan fingerprint density at radius 1 is 1.08 bits per heavy atom. The summed E-state index contributed by atoms with van der Waals surface area (Å²) in [6.07, 6.45) is -2.66. The predicted molar refractivity (Wildman–Crippen MR) is 93.4 cm³/mol. The number of nitrogens with one attached hydrogen (secondary N) is 1. The third-order valence-electron chi connectivity index (χ3n) is 4.06. The minimum atomic E-state index is -4.36. The lowest BCUT2D eigenvalue weighted by molar-refractivity contribution is -0.137. The number of anilines is 1. The summed E-state index contributed by atoms with van der Waals surface area (Å²) in [5.41, 5.74) is 2.31. The molecule has 4 rings (SSSR count). The number of pyridine rings is 1. The molecule has 1 aliphatic rings. The van der Waals surface area contributed by atoms with E-state index in [0.29, 0.717) is 5.56 Å². The second kappa shape index (κ2) is 5.34. The molecule has 0 aliphatic carbocycles. The van der Waals surface area contributed by atoms with Gasteiger partial charge in [-0.05, 0) is 42.1 Å². The van der Waals surface area contributed by atoms with Crippen LogP contribution in [0.2, 0.25) is 0 Å². The molecule has 0 saturated carbocycles. The van der Waals surface area contributed by atoms with Gasteiger partial charge in [-0.3, -0.25) is 4.98 Å². The zero-order valence-corrected chi connectivity index (χ0v) is 13.5. The SMILES string of the molecule is C/C=S1\Nc2c(ccc3cccnc23)-c2cc(C(F)(F)F)ccc21. The summed E-state index contributed by atoms with van der Waals surface area (Å²) >= 11 is 0. The van der Waals surface area contributed by atoms with E-state index in [-0.39, 0.29) is 0 Å². The van der Waals surface area contributed by atoms with Crippen LogP contribution in [0.15, 0.2) is 53.6 Å². The largest absolute Gasteiger partial charge is 0.416 e. The molecule has 1 aliphatic heterocycles. The van der Waals surface area contributed by atoms with Gasteiger partial charge in [0.25, 0.3) is 0 Å². The Bertz CT molecular complexity index is 993. The van der Waals surface area contributed by atoms with Gasteiger partial charge in [0.1, 0.15) is 0 Å². The van der Waals surface area contributed by atoms with Crippen LogP contribution in [-0.4, -0.2) is 10.4 Å². The lowest BCUT2D eigenvalue weighted by Gasteiger charge is -2.26. The van der Waals surface area contributed by atoms with E-state index < -0.39 is 22.4 Å². The maximum Gasteiger partial charge on any atom is 0.416 e. The molecule has 2 heterocycles. The van der Waals surface area contributed by atoms with Crippen molar-refractivity contribution >= 4 is 32.6 Å². The summed E-state index contributed by atoms with van der Waals surface area (Å²) < 4.78 is 42.8. The van der Waals surface area contributed by atoms with E-state index in [2.05, 4.69) is 9.71 Å². The minimum Gasteiger partial charge on any atom is -0.329 e. The van der Waals surface area contributed by atoms with Gasteiger partial charge >= 0.3 is 6.18 Å². The average Bonchev–Trinajstić information content (AvgIpc) is 2.59. The fourth-order valence-corrected chi connectivity index (χ4v) is 4.46. The Hall–Kier alpha value is -2.34. The summed E-state index contributed by atoms with van der Waals surface area (Å²) in [5, 5.41) is 2.93. The quantitative estimate of drug-likeness (QED) is 0.527. The van der Waals surface area contributed by atoms with Gasteiger partial charge in [-0.2, -0.15) is 13.2 Å². The topological polar surface area (TPSA) is 24.9 Å². The zero-order valence-electron chi connectivity index (χ0n) is 12.7. The standard InChI is InChI=1S/C18H13F3N2S/c1-2-24-15-8-6-12(18(19,20)21)10-14(15)13-7-5-11-4-3-9-22-16(11)17(13)23-24/h2-10,23H,1H3. The molecule has 1 unspecified atom stereocenters. The number of hydrogen-bond acceptors (Lipinski definition) is 2. The van der Waals surface area contributed by atoms with Crippen LogP contribution < -0.4 is 4.72 Å². The van der Waals surface area contributed by atoms with Crippen molar-refractivity contribution in [2.24, 2.45) is 0 Å². The van der Waals surface area contributed by atoms with E-state index in [1.165, 1.54) is 6.07 Å². The molecule has 2 nitrogen and oxygen atoms in total. The highest BCUT2D eigenvalue weighted by molar-refractivity contribution is 8.16. The number of fused-ring (bicyclic) bond motifs is 5. The van der Waals surface area contributed by atoms with Crippen LogP contribution in [0.5, 0.6) is 0 Å². The average molecular weight is 346 g/mol. The Morgan fingerprint density at radius 3 is 2.67 bits per heavy atom. The van der Waals surface area contributed by atoms with Gasteiger partial charge in [-0.15, -0.1) is 0 Å². The highest BCUT2D eigenvalue weighted by atomic mass is 32.2. The van der Waals surface area contributed by atoms with Crippen LogP contribution in [-0.2, 0) is 6.18 Å². The molecular weight excluding hydrogens is 333 g/mol. The van der Waals surface area contributed by atoms with Crippen molar-refractivity contribution in [2.75, 3.05) is 4.72 Å². The summed E-state index contributed by atoms with van der Waals surface area (Å²) in [6.45, 7) is 1.90. The first kappa shape index (κ1) is 15.2. The van der Waals surface area contributed by atoms with E-state index in [1.807, 2.05) is 36.6 Å². The Labute approximate surface area is 139 Å². The molecule has 2 aromatic carbocycles. The van der Waals surface area contributed by atoms with E-state index in [0.717, 1.165) is 33.1 Å². The summed E-state index contributed by atoms with van der Waals surface area (Å²) in [7, 11) is -0.461. The van der Waals surface area contributed by atoms with Crippen molar-refractivity contribution in [1.29, 1.82) is 0 Å². The molecule has 122 valence electrons. The van der Waals surface area contributed by atoms with Gasteiger partial charge in [-0.25, -0.2) is 0 Å². The fraction of sp³-hybridized carbons (Fsp3) is 0.111. The second-order valence-corrected chi connectivity index (χ2v) is 7.24. The fourth-order valence-electron chi connectivity index (χ4n) is 2.93. The van der Waals surface area contributed by atoms with Crippen LogP contribution in [0.1, 0.15) is 12.5 Å². The van der Waals surface area contributed by atoms with E-state index in [9.17, 15) is 13.2 Å². The molecular formula is C18H13F3N2S. The second-order valence-electron chi connectivity index (χ2n) is 5.45. The molecule has 6 heteroatoms. The molecule has 0 saturated heterocycles. The molecule has 3 aromatic rings. The van der Waals surface area contributed by atoms with Crippen LogP contribution in [0.3, 0.4) is 0 Å². The monoisotopic (exact) mass is 346 g/mol. The first-order valence-electron chi connectivity index (χ1n) is 7.37. The van der Waals surface area contributed by atoms with Crippen molar-refractivity contribution in [2.45, 2.75) is 18.0 Å². The van der Waals surface area contributed by atoms with Gasteiger partial charge in [-0.1, -0.05) is 28.9 Å². The van der Waals surface area contributed by atoms with Crippen molar-refractivity contribution in [3.63, 3.8) is 0 Å². The van der Waals surface area contributed by atoms with Gasteiger partial charge in [0.05, 0.1) is 16.8 Å². The third-order valence-corrected chi connectivity index (χ3v) is 5.78. The van der Waals surface area contributed by atoms with Gasteiger partial charge < -0.3 is 4.72 Å². The highest BCUT2D eigenvalue weighted by Crippen LogP contribution is 2.49. The summed E-state index contributed by atoms with van der Waals surface area (Å²) in [6, 6.07) is 11.5. The molecule has 1 atom stereocenters. The zero-order chi connectivity index (χ0) is 16.9. The normalized spacial score (nSPS) is 16.6. The molecule has 0 amide bonds. The van der Waals surface area contributed by atoms with Crippen LogP contribution in [0, 0.1) is 0 Å². The van der Waals surface area contributed by atoms with Gasteiger partial charge in [0, 0.05) is 22.0 Å². The minimum absolute atomic E-state index is 0.461. The maximum absolute atomic E-state index is 13.1. The molecule has 1 N–H and O–H groups in total. The third kappa shape index (κ3) is 2.29. The molecule has 0 fully saturated rings. The number of aromatic nitrogens is 1. The lowest BCUT2D eigenvalue weighted by atomic mass is 9.99. The molecule has 1 aromatic heterocycles. The number of alkyl halides is 3. The molecule has 24 heavy (non-hydrogen) atoms. The van der Waals surface area contributed by atoms with Gasteiger partial charge in [0.2, 0.25) is 0 Å². The van der Waals surface area contributed by atoms with Crippen LogP contribution in [0.25, 0.3) is 22.0 Å². The number of rotatable bonds is 0. The van der Waals surface area contributed by atoms with E-state index in [1.54, 1.807) is 12.3 Å². The number of benzene rings is 2.